The van der Waals surface area contributed by atoms with Crippen LogP contribution in [0.1, 0.15) is 24.8 Å². The van der Waals surface area contributed by atoms with Crippen LogP contribution < -0.4 is 19.5 Å². The molecule has 0 saturated heterocycles. The number of benzene rings is 3. The first-order valence-electron chi connectivity index (χ1n) is 12.4. The first-order valence-corrected chi connectivity index (χ1v) is 13.8. The fourth-order valence-electron chi connectivity index (χ4n) is 4.30. The van der Waals surface area contributed by atoms with Crippen LogP contribution in [0.4, 0.5) is 0 Å². The molecule has 0 aliphatic heterocycles. The van der Waals surface area contributed by atoms with Crippen LogP contribution in [0.2, 0.25) is 0 Å². The summed E-state index contributed by atoms with van der Waals surface area (Å²) in [7, 11) is -1.05. The SMILES string of the molecule is COc1ccc(CC(=O)NCCCCC(NS(=O)(=O)c2ccc3oc4ccccc4c3c2)C(=O)O)cc1OC. The summed E-state index contributed by atoms with van der Waals surface area (Å²) in [6.07, 6.45) is 1.09. The van der Waals surface area contributed by atoms with Crippen LogP contribution in [0.15, 0.2) is 70.0 Å². The van der Waals surface area contributed by atoms with Crippen molar-refractivity contribution in [2.75, 3.05) is 20.8 Å². The van der Waals surface area contributed by atoms with Gasteiger partial charge in [0.1, 0.15) is 17.2 Å². The number of carboxylic acid groups (broad SMARTS) is 1. The maximum absolute atomic E-state index is 13.0. The molecule has 0 saturated carbocycles. The van der Waals surface area contributed by atoms with Crippen LogP contribution in [0.25, 0.3) is 21.9 Å². The van der Waals surface area contributed by atoms with Crippen molar-refractivity contribution in [2.24, 2.45) is 0 Å². The number of para-hydroxylation sites is 1. The first-order chi connectivity index (χ1) is 18.7. The molecule has 0 bridgehead atoms. The fourth-order valence-corrected chi connectivity index (χ4v) is 5.55. The topological polar surface area (TPSA) is 144 Å². The molecule has 206 valence electrons. The number of furan rings is 1. The van der Waals surface area contributed by atoms with E-state index in [1.54, 1.807) is 30.3 Å². The smallest absolute Gasteiger partial charge is 0.321 e. The van der Waals surface area contributed by atoms with Crippen molar-refractivity contribution in [3.63, 3.8) is 0 Å². The van der Waals surface area contributed by atoms with Gasteiger partial charge < -0.3 is 24.3 Å². The average Bonchev–Trinajstić information content (AvgIpc) is 3.30. The Morgan fingerprint density at radius 3 is 2.41 bits per heavy atom. The Morgan fingerprint density at radius 1 is 0.923 bits per heavy atom. The maximum atomic E-state index is 13.0. The lowest BCUT2D eigenvalue weighted by Crippen LogP contribution is -2.40. The minimum atomic E-state index is -4.11. The monoisotopic (exact) mass is 554 g/mol. The number of hydrogen-bond acceptors (Lipinski definition) is 7. The van der Waals surface area contributed by atoms with E-state index in [0.717, 1.165) is 10.9 Å². The summed E-state index contributed by atoms with van der Waals surface area (Å²) in [5.74, 6) is -0.366. The Bertz CT molecular complexity index is 1600. The second-order valence-electron chi connectivity index (χ2n) is 8.98. The Labute approximate surface area is 226 Å². The van der Waals surface area contributed by atoms with Crippen molar-refractivity contribution in [2.45, 2.75) is 36.6 Å². The van der Waals surface area contributed by atoms with Gasteiger partial charge in [-0.05, 0) is 61.2 Å². The molecule has 4 rings (SSSR count). The highest BCUT2D eigenvalue weighted by Crippen LogP contribution is 2.30. The molecule has 0 fully saturated rings. The standard InChI is InChI=1S/C28H30N2O8S/c1-36-25-12-10-18(15-26(25)37-2)16-27(31)29-14-6-5-8-22(28(32)33)30-39(34,35)19-11-13-24-21(17-19)20-7-3-4-9-23(20)38-24/h3-4,7,9-13,15,17,22,30H,5-6,8,14,16H2,1-2H3,(H,29,31)(H,32,33). The molecule has 39 heavy (non-hydrogen) atoms. The minimum Gasteiger partial charge on any atom is -0.493 e. The number of sulfonamides is 1. The summed E-state index contributed by atoms with van der Waals surface area (Å²) < 4.78 is 44.5. The number of ether oxygens (including phenoxy) is 2. The molecule has 1 heterocycles. The number of fused-ring (bicyclic) bond motifs is 3. The second kappa shape index (κ2) is 12.2. The van der Waals surface area contributed by atoms with Gasteiger partial charge in [0.15, 0.2) is 11.5 Å². The number of carbonyl (C=O) groups excluding carboxylic acids is 1. The molecule has 10 nitrogen and oxygen atoms in total. The molecule has 3 aromatic carbocycles. The number of carbonyl (C=O) groups is 2. The molecule has 0 spiro atoms. The Hall–Kier alpha value is -4.09. The zero-order valence-electron chi connectivity index (χ0n) is 21.6. The number of amides is 1. The largest absolute Gasteiger partial charge is 0.493 e. The zero-order valence-corrected chi connectivity index (χ0v) is 22.4. The molecular formula is C28H30N2O8S. The van der Waals surface area contributed by atoms with Gasteiger partial charge in [-0.15, -0.1) is 0 Å². The number of hydrogen-bond donors (Lipinski definition) is 3. The summed E-state index contributed by atoms with van der Waals surface area (Å²) in [5.41, 5.74) is 1.93. The average molecular weight is 555 g/mol. The number of methoxy groups -OCH3 is 2. The zero-order chi connectivity index (χ0) is 28.0. The van der Waals surface area contributed by atoms with Crippen LogP contribution >= 0.6 is 0 Å². The number of carboxylic acids is 1. The van der Waals surface area contributed by atoms with Gasteiger partial charge in [-0.3, -0.25) is 9.59 Å². The molecule has 1 amide bonds. The summed E-state index contributed by atoms with van der Waals surface area (Å²) in [6.45, 7) is 0.329. The Balaban J connectivity index is 1.30. The molecule has 4 aromatic rings. The van der Waals surface area contributed by atoms with Crippen molar-refractivity contribution < 1.29 is 37.0 Å². The molecule has 0 aliphatic carbocycles. The van der Waals surface area contributed by atoms with Gasteiger partial charge in [-0.25, -0.2) is 8.42 Å². The maximum Gasteiger partial charge on any atom is 0.321 e. The summed E-state index contributed by atoms with van der Waals surface area (Å²) >= 11 is 0. The Morgan fingerprint density at radius 2 is 1.67 bits per heavy atom. The highest BCUT2D eigenvalue weighted by atomic mass is 32.2. The molecule has 0 radical (unpaired) electrons. The minimum absolute atomic E-state index is 0.0461. The lowest BCUT2D eigenvalue weighted by atomic mass is 10.1. The van der Waals surface area contributed by atoms with E-state index in [1.807, 2.05) is 18.2 Å². The molecule has 11 heteroatoms. The van der Waals surface area contributed by atoms with Crippen molar-refractivity contribution >= 4 is 43.8 Å². The van der Waals surface area contributed by atoms with Crippen LogP contribution in [0.5, 0.6) is 11.5 Å². The fraction of sp³-hybridized carbons (Fsp3) is 0.286. The number of rotatable bonds is 13. The number of unbranched alkanes of at least 4 members (excludes halogenated alkanes) is 1. The highest BCUT2D eigenvalue weighted by molar-refractivity contribution is 7.89. The van der Waals surface area contributed by atoms with E-state index in [1.165, 1.54) is 26.4 Å². The van der Waals surface area contributed by atoms with E-state index < -0.39 is 22.0 Å². The molecule has 1 unspecified atom stereocenters. The number of aliphatic carboxylic acids is 1. The van der Waals surface area contributed by atoms with E-state index >= 15 is 0 Å². The molecule has 1 atom stereocenters. The normalized spacial score (nSPS) is 12.4. The van der Waals surface area contributed by atoms with Crippen LogP contribution in [0, 0.1) is 0 Å². The van der Waals surface area contributed by atoms with E-state index in [0.29, 0.717) is 47.4 Å². The van der Waals surface area contributed by atoms with Gasteiger partial charge in [-0.2, -0.15) is 4.72 Å². The summed E-state index contributed by atoms with van der Waals surface area (Å²) in [6, 6.07) is 15.6. The van der Waals surface area contributed by atoms with E-state index in [4.69, 9.17) is 13.9 Å². The third-order valence-electron chi connectivity index (χ3n) is 6.31. The van der Waals surface area contributed by atoms with Gasteiger partial charge >= 0.3 is 5.97 Å². The quantitative estimate of drug-likeness (QED) is 0.211. The number of nitrogens with one attached hydrogen (secondary N) is 2. The molecule has 0 aliphatic rings. The van der Waals surface area contributed by atoms with E-state index in [-0.39, 0.29) is 23.6 Å². The molecule has 1 aromatic heterocycles. The van der Waals surface area contributed by atoms with Crippen LogP contribution in [-0.2, 0) is 26.0 Å². The second-order valence-corrected chi connectivity index (χ2v) is 10.7. The van der Waals surface area contributed by atoms with Crippen molar-refractivity contribution in [1.29, 1.82) is 0 Å². The lowest BCUT2D eigenvalue weighted by molar-refractivity contribution is -0.139. The van der Waals surface area contributed by atoms with Crippen molar-refractivity contribution in [3.05, 3.63) is 66.2 Å². The van der Waals surface area contributed by atoms with Crippen LogP contribution in [0.3, 0.4) is 0 Å². The first kappa shape index (κ1) is 27.9. The van der Waals surface area contributed by atoms with E-state index in [9.17, 15) is 23.1 Å². The summed E-state index contributed by atoms with van der Waals surface area (Å²) in [4.78, 5) is 24.0. The van der Waals surface area contributed by atoms with Crippen molar-refractivity contribution in [3.8, 4) is 11.5 Å². The molecular weight excluding hydrogens is 524 g/mol. The van der Waals surface area contributed by atoms with Gasteiger partial charge in [0, 0.05) is 17.3 Å². The van der Waals surface area contributed by atoms with Gasteiger partial charge in [0.2, 0.25) is 15.9 Å². The highest BCUT2D eigenvalue weighted by Gasteiger charge is 2.25. The predicted molar refractivity (Wildman–Crippen MR) is 146 cm³/mol. The Kier molecular flexibility index (Phi) is 8.72. The van der Waals surface area contributed by atoms with Gasteiger partial charge in [0.05, 0.1) is 25.5 Å². The lowest BCUT2D eigenvalue weighted by Gasteiger charge is -2.15. The summed E-state index contributed by atoms with van der Waals surface area (Å²) in [5, 5.41) is 13.8. The van der Waals surface area contributed by atoms with Crippen LogP contribution in [-0.4, -0.2) is 52.2 Å². The van der Waals surface area contributed by atoms with E-state index in [2.05, 4.69) is 10.0 Å². The third kappa shape index (κ3) is 6.68. The molecule has 3 N–H and O–H groups in total. The van der Waals surface area contributed by atoms with Gasteiger partial charge in [0.25, 0.3) is 0 Å². The van der Waals surface area contributed by atoms with Gasteiger partial charge in [-0.1, -0.05) is 24.3 Å². The predicted octanol–water partition coefficient (Wildman–Crippen LogP) is 3.86. The third-order valence-corrected chi connectivity index (χ3v) is 7.78. The van der Waals surface area contributed by atoms with Crippen molar-refractivity contribution in [1.82, 2.24) is 10.0 Å².